The van der Waals surface area contributed by atoms with Gasteiger partial charge in [-0.05, 0) is 12.1 Å². The third-order valence-electron chi connectivity index (χ3n) is 3.11. The minimum absolute atomic E-state index is 0.515. The lowest BCUT2D eigenvalue weighted by Crippen LogP contribution is -2.38. The first-order chi connectivity index (χ1) is 9.35. The van der Waals surface area contributed by atoms with Gasteiger partial charge in [0.05, 0.1) is 25.9 Å². The normalized spacial score (nSPS) is 16.1. The molecule has 2 rings (SSSR count). The number of para-hydroxylation sites is 1. The Morgan fingerprint density at radius 3 is 2.84 bits per heavy atom. The molecule has 0 aliphatic carbocycles. The first kappa shape index (κ1) is 13.8. The number of morpholine rings is 1. The predicted octanol–water partition coefficient (Wildman–Crippen LogP) is 1.22. The molecule has 0 saturated carbocycles. The number of carbonyl (C=O) groups excluding carboxylic acids is 1. The monoisotopic (exact) mass is 265 g/mol. The second-order valence-electron chi connectivity index (χ2n) is 4.30. The average molecular weight is 265 g/mol. The van der Waals surface area contributed by atoms with E-state index in [-0.39, 0.29) is 0 Å². The van der Waals surface area contributed by atoms with Crippen molar-refractivity contribution in [2.24, 2.45) is 0 Å². The Morgan fingerprint density at radius 1 is 1.37 bits per heavy atom. The Balaban J connectivity index is 1.92. The van der Waals surface area contributed by atoms with Gasteiger partial charge in [0.1, 0.15) is 6.61 Å². The second-order valence-corrected chi connectivity index (χ2v) is 4.30. The molecule has 5 heteroatoms. The summed E-state index contributed by atoms with van der Waals surface area (Å²) in [6.07, 6.45) is 0.784. The van der Waals surface area contributed by atoms with Crippen LogP contribution in [-0.2, 0) is 4.74 Å². The third-order valence-corrected chi connectivity index (χ3v) is 3.11. The van der Waals surface area contributed by atoms with Gasteiger partial charge in [0.15, 0.2) is 17.8 Å². The fourth-order valence-electron chi connectivity index (χ4n) is 2.04. The SMILES string of the molecule is COc1cccc(C=O)c1OCCN1CCOCC1. The summed E-state index contributed by atoms with van der Waals surface area (Å²) >= 11 is 0. The van der Waals surface area contributed by atoms with Crippen LogP contribution in [0.4, 0.5) is 0 Å². The number of aldehydes is 1. The van der Waals surface area contributed by atoms with Gasteiger partial charge >= 0.3 is 0 Å². The zero-order chi connectivity index (χ0) is 13.5. The molecule has 0 aromatic heterocycles. The first-order valence-electron chi connectivity index (χ1n) is 6.40. The van der Waals surface area contributed by atoms with E-state index in [0.717, 1.165) is 39.1 Å². The van der Waals surface area contributed by atoms with Crippen molar-refractivity contribution in [3.63, 3.8) is 0 Å². The summed E-state index contributed by atoms with van der Waals surface area (Å²) in [5.74, 6) is 1.11. The zero-order valence-electron chi connectivity index (χ0n) is 11.1. The Hall–Kier alpha value is -1.59. The summed E-state index contributed by atoms with van der Waals surface area (Å²) < 4.78 is 16.2. The number of hydrogen-bond acceptors (Lipinski definition) is 5. The van der Waals surface area contributed by atoms with E-state index in [0.29, 0.717) is 23.7 Å². The van der Waals surface area contributed by atoms with E-state index in [1.807, 2.05) is 0 Å². The summed E-state index contributed by atoms with van der Waals surface area (Å²) in [5, 5.41) is 0. The summed E-state index contributed by atoms with van der Waals surface area (Å²) in [5.41, 5.74) is 0.515. The molecule has 5 nitrogen and oxygen atoms in total. The largest absolute Gasteiger partial charge is 0.493 e. The first-order valence-corrected chi connectivity index (χ1v) is 6.40. The number of rotatable bonds is 6. The molecule has 0 bridgehead atoms. The van der Waals surface area contributed by atoms with Crippen LogP contribution in [0.5, 0.6) is 11.5 Å². The molecule has 1 heterocycles. The molecule has 1 aliphatic rings. The lowest BCUT2D eigenvalue weighted by Gasteiger charge is -2.26. The van der Waals surface area contributed by atoms with Crippen LogP contribution in [0, 0.1) is 0 Å². The fraction of sp³-hybridized carbons (Fsp3) is 0.500. The molecule has 0 atom stereocenters. The third kappa shape index (κ3) is 3.68. The molecular weight excluding hydrogens is 246 g/mol. The van der Waals surface area contributed by atoms with Crippen molar-refractivity contribution in [3.05, 3.63) is 23.8 Å². The maximum Gasteiger partial charge on any atom is 0.171 e. The standard InChI is InChI=1S/C14H19NO4/c1-17-13-4-2-3-12(11-16)14(13)19-10-7-15-5-8-18-9-6-15/h2-4,11H,5-10H2,1H3. The predicted molar refractivity (Wildman–Crippen MR) is 71.1 cm³/mol. The van der Waals surface area contributed by atoms with Gasteiger partial charge in [-0.15, -0.1) is 0 Å². The van der Waals surface area contributed by atoms with Crippen LogP contribution in [0.2, 0.25) is 0 Å². The van der Waals surface area contributed by atoms with E-state index in [1.54, 1.807) is 25.3 Å². The highest BCUT2D eigenvalue weighted by molar-refractivity contribution is 5.81. The molecular formula is C14H19NO4. The molecule has 0 amide bonds. The molecule has 1 aromatic rings. The molecule has 0 spiro atoms. The highest BCUT2D eigenvalue weighted by Gasteiger charge is 2.13. The number of carbonyl (C=O) groups is 1. The smallest absolute Gasteiger partial charge is 0.171 e. The van der Waals surface area contributed by atoms with Gasteiger partial charge in [0.2, 0.25) is 0 Å². The lowest BCUT2D eigenvalue weighted by molar-refractivity contribution is 0.0321. The van der Waals surface area contributed by atoms with E-state index in [9.17, 15) is 4.79 Å². The van der Waals surface area contributed by atoms with Crippen LogP contribution in [0.1, 0.15) is 10.4 Å². The highest BCUT2D eigenvalue weighted by atomic mass is 16.5. The van der Waals surface area contributed by atoms with Crippen LogP contribution < -0.4 is 9.47 Å². The summed E-state index contributed by atoms with van der Waals surface area (Å²) in [4.78, 5) is 13.3. The van der Waals surface area contributed by atoms with Gasteiger partial charge in [-0.25, -0.2) is 0 Å². The molecule has 0 N–H and O–H groups in total. The highest BCUT2D eigenvalue weighted by Crippen LogP contribution is 2.29. The molecule has 1 fully saturated rings. The fourth-order valence-corrected chi connectivity index (χ4v) is 2.04. The van der Waals surface area contributed by atoms with Gasteiger partial charge < -0.3 is 14.2 Å². The van der Waals surface area contributed by atoms with E-state index in [1.165, 1.54) is 0 Å². The van der Waals surface area contributed by atoms with Crippen molar-refractivity contribution in [1.29, 1.82) is 0 Å². The Kier molecular flexibility index (Phi) is 5.18. The Morgan fingerprint density at radius 2 is 2.16 bits per heavy atom. The molecule has 0 radical (unpaired) electrons. The molecule has 1 saturated heterocycles. The van der Waals surface area contributed by atoms with Crippen molar-refractivity contribution in [2.45, 2.75) is 0 Å². The van der Waals surface area contributed by atoms with E-state index < -0.39 is 0 Å². The lowest BCUT2D eigenvalue weighted by atomic mass is 10.2. The van der Waals surface area contributed by atoms with Crippen LogP contribution in [0.25, 0.3) is 0 Å². The van der Waals surface area contributed by atoms with Crippen LogP contribution in [0.3, 0.4) is 0 Å². The van der Waals surface area contributed by atoms with Gasteiger partial charge in [-0.3, -0.25) is 9.69 Å². The number of nitrogens with zero attached hydrogens (tertiary/aromatic N) is 1. The number of benzene rings is 1. The van der Waals surface area contributed by atoms with Gasteiger partial charge in [-0.1, -0.05) is 6.07 Å². The minimum atomic E-state index is 0.515. The Bertz CT molecular complexity index is 416. The maximum atomic E-state index is 11.0. The topological polar surface area (TPSA) is 48.0 Å². The van der Waals surface area contributed by atoms with Crippen LogP contribution in [-0.4, -0.2) is 57.8 Å². The van der Waals surface area contributed by atoms with Crippen LogP contribution in [0.15, 0.2) is 18.2 Å². The van der Waals surface area contributed by atoms with Gasteiger partial charge in [0.25, 0.3) is 0 Å². The quantitative estimate of drug-likeness (QED) is 0.724. The van der Waals surface area contributed by atoms with E-state index in [2.05, 4.69) is 4.90 Å². The van der Waals surface area contributed by atoms with Crippen molar-refractivity contribution in [2.75, 3.05) is 46.6 Å². The number of hydrogen-bond donors (Lipinski definition) is 0. The van der Waals surface area contributed by atoms with E-state index in [4.69, 9.17) is 14.2 Å². The Labute approximate surface area is 113 Å². The average Bonchev–Trinajstić information content (AvgIpc) is 2.48. The molecule has 104 valence electrons. The molecule has 19 heavy (non-hydrogen) atoms. The second kappa shape index (κ2) is 7.11. The summed E-state index contributed by atoms with van der Waals surface area (Å²) in [6, 6.07) is 5.29. The van der Waals surface area contributed by atoms with Gasteiger partial charge in [-0.2, -0.15) is 0 Å². The molecule has 1 aromatic carbocycles. The van der Waals surface area contributed by atoms with Crippen molar-refractivity contribution in [3.8, 4) is 11.5 Å². The van der Waals surface area contributed by atoms with E-state index >= 15 is 0 Å². The van der Waals surface area contributed by atoms with Crippen LogP contribution >= 0.6 is 0 Å². The number of ether oxygens (including phenoxy) is 3. The van der Waals surface area contributed by atoms with Crippen molar-refractivity contribution < 1.29 is 19.0 Å². The summed E-state index contributed by atoms with van der Waals surface area (Å²) in [6.45, 7) is 4.75. The molecule has 1 aliphatic heterocycles. The molecule has 0 unspecified atom stereocenters. The van der Waals surface area contributed by atoms with Crippen molar-refractivity contribution in [1.82, 2.24) is 4.90 Å². The minimum Gasteiger partial charge on any atom is -0.493 e. The maximum absolute atomic E-state index is 11.0. The van der Waals surface area contributed by atoms with Gasteiger partial charge in [0, 0.05) is 19.6 Å². The number of methoxy groups -OCH3 is 1. The summed E-state index contributed by atoms with van der Waals surface area (Å²) in [7, 11) is 1.57. The zero-order valence-corrected chi connectivity index (χ0v) is 11.1. The van der Waals surface area contributed by atoms with Crippen molar-refractivity contribution >= 4 is 6.29 Å².